The molecule has 0 aliphatic heterocycles. The van der Waals surface area contributed by atoms with Crippen molar-refractivity contribution in [3.8, 4) is 0 Å². The molecule has 3 rings (SSSR count). The van der Waals surface area contributed by atoms with Crippen molar-refractivity contribution in [2.45, 2.75) is 27.3 Å². The van der Waals surface area contributed by atoms with E-state index in [0.717, 1.165) is 53.5 Å². The summed E-state index contributed by atoms with van der Waals surface area (Å²) in [6, 6.07) is 11.0. The highest BCUT2D eigenvalue weighted by Crippen LogP contribution is 2.30. The standard InChI is InChI=1S/C20H24FN3/c1-4-23(5-2)10-11-24-19-8-6-15(14(3)22)12-17(19)18-13-16(21)7-9-20(18)24/h6-9,12-13,22H,4-5,10-11H2,1-3H3. The fourth-order valence-electron chi connectivity index (χ4n) is 3.33. The first-order valence-corrected chi connectivity index (χ1v) is 8.54. The van der Waals surface area contributed by atoms with Crippen LogP contribution in [0.3, 0.4) is 0 Å². The number of halogens is 1. The molecular formula is C20H24FN3. The first-order valence-electron chi connectivity index (χ1n) is 8.54. The normalized spacial score (nSPS) is 11.7. The van der Waals surface area contributed by atoms with Crippen LogP contribution in [0.4, 0.5) is 4.39 Å². The van der Waals surface area contributed by atoms with Crippen molar-refractivity contribution in [2.24, 2.45) is 0 Å². The Hall–Kier alpha value is -2.20. The van der Waals surface area contributed by atoms with Crippen LogP contribution in [0.5, 0.6) is 0 Å². The van der Waals surface area contributed by atoms with Crippen LogP contribution in [0.2, 0.25) is 0 Å². The Kier molecular flexibility index (Phi) is 4.67. The number of nitrogens with zero attached hydrogens (tertiary/aromatic N) is 2. The molecule has 0 spiro atoms. The van der Waals surface area contributed by atoms with Gasteiger partial charge < -0.3 is 14.9 Å². The van der Waals surface area contributed by atoms with E-state index in [1.807, 2.05) is 18.2 Å². The van der Waals surface area contributed by atoms with Crippen molar-refractivity contribution in [1.29, 1.82) is 5.41 Å². The summed E-state index contributed by atoms with van der Waals surface area (Å²) >= 11 is 0. The minimum atomic E-state index is -0.220. The molecule has 0 aliphatic carbocycles. The van der Waals surface area contributed by atoms with Crippen molar-refractivity contribution >= 4 is 27.5 Å². The molecule has 0 bridgehead atoms. The topological polar surface area (TPSA) is 32.0 Å². The highest BCUT2D eigenvalue weighted by Gasteiger charge is 2.13. The Balaban J connectivity index is 2.17. The number of fused-ring (bicyclic) bond motifs is 3. The van der Waals surface area contributed by atoms with Crippen molar-refractivity contribution in [3.63, 3.8) is 0 Å². The van der Waals surface area contributed by atoms with E-state index in [4.69, 9.17) is 5.41 Å². The Labute approximate surface area is 142 Å². The molecule has 2 aromatic carbocycles. The smallest absolute Gasteiger partial charge is 0.123 e. The molecule has 1 heterocycles. The molecule has 4 heteroatoms. The van der Waals surface area contributed by atoms with Crippen LogP contribution < -0.4 is 0 Å². The summed E-state index contributed by atoms with van der Waals surface area (Å²) in [5.41, 5.74) is 3.57. The van der Waals surface area contributed by atoms with Crippen LogP contribution in [0.15, 0.2) is 36.4 Å². The van der Waals surface area contributed by atoms with E-state index in [1.54, 1.807) is 13.0 Å². The van der Waals surface area contributed by atoms with Gasteiger partial charge in [-0.3, -0.25) is 0 Å². The lowest BCUT2D eigenvalue weighted by Crippen LogP contribution is -2.26. The van der Waals surface area contributed by atoms with Gasteiger partial charge in [-0.15, -0.1) is 0 Å². The first kappa shape index (κ1) is 16.7. The molecule has 0 aliphatic rings. The van der Waals surface area contributed by atoms with E-state index in [9.17, 15) is 4.39 Å². The average molecular weight is 325 g/mol. The van der Waals surface area contributed by atoms with Crippen LogP contribution >= 0.6 is 0 Å². The summed E-state index contributed by atoms with van der Waals surface area (Å²) in [6.45, 7) is 10.0. The van der Waals surface area contributed by atoms with Gasteiger partial charge in [-0.2, -0.15) is 0 Å². The maximum atomic E-state index is 13.8. The van der Waals surface area contributed by atoms with Gasteiger partial charge in [0.05, 0.1) is 0 Å². The Morgan fingerprint density at radius 2 is 1.67 bits per heavy atom. The highest BCUT2D eigenvalue weighted by molar-refractivity contribution is 6.11. The van der Waals surface area contributed by atoms with Crippen LogP contribution in [-0.4, -0.2) is 34.8 Å². The highest BCUT2D eigenvalue weighted by atomic mass is 19.1. The number of rotatable bonds is 6. The molecule has 0 unspecified atom stereocenters. The first-order chi connectivity index (χ1) is 11.5. The molecule has 1 N–H and O–H groups in total. The summed E-state index contributed by atoms with van der Waals surface area (Å²) in [4.78, 5) is 2.39. The van der Waals surface area contributed by atoms with E-state index in [1.165, 1.54) is 6.07 Å². The zero-order valence-corrected chi connectivity index (χ0v) is 14.6. The minimum absolute atomic E-state index is 0.220. The second-order valence-corrected chi connectivity index (χ2v) is 6.20. The second kappa shape index (κ2) is 6.73. The van der Waals surface area contributed by atoms with Crippen molar-refractivity contribution in [3.05, 3.63) is 47.8 Å². The Morgan fingerprint density at radius 1 is 1.04 bits per heavy atom. The number of nitrogens with one attached hydrogen (secondary N) is 1. The van der Waals surface area contributed by atoms with Gasteiger partial charge in [0.15, 0.2) is 0 Å². The third-order valence-electron chi connectivity index (χ3n) is 4.79. The van der Waals surface area contributed by atoms with E-state index in [2.05, 4.69) is 29.4 Å². The van der Waals surface area contributed by atoms with E-state index in [-0.39, 0.29) is 5.82 Å². The monoisotopic (exact) mass is 325 g/mol. The fourth-order valence-corrected chi connectivity index (χ4v) is 3.33. The molecule has 0 radical (unpaired) electrons. The lowest BCUT2D eigenvalue weighted by Gasteiger charge is -2.19. The number of likely N-dealkylation sites (N-methyl/N-ethyl adjacent to an activating group) is 1. The average Bonchev–Trinajstić information content (AvgIpc) is 2.88. The quantitative estimate of drug-likeness (QED) is 0.657. The Morgan fingerprint density at radius 3 is 2.29 bits per heavy atom. The van der Waals surface area contributed by atoms with Gasteiger partial charge in [-0.25, -0.2) is 4.39 Å². The lowest BCUT2D eigenvalue weighted by atomic mass is 10.1. The number of aromatic nitrogens is 1. The molecule has 0 atom stereocenters. The molecule has 126 valence electrons. The number of hydrogen-bond acceptors (Lipinski definition) is 2. The molecular weight excluding hydrogens is 301 g/mol. The maximum absolute atomic E-state index is 13.8. The second-order valence-electron chi connectivity index (χ2n) is 6.20. The maximum Gasteiger partial charge on any atom is 0.123 e. The lowest BCUT2D eigenvalue weighted by molar-refractivity contribution is 0.293. The van der Waals surface area contributed by atoms with Crippen molar-refractivity contribution in [1.82, 2.24) is 9.47 Å². The van der Waals surface area contributed by atoms with Gasteiger partial charge in [0.1, 0.15) is 5.82 Å². The van der Waals surface area contributed by atoms with Gasteiger partial charge >= 0.3 is 0 Å². The predicted molar refractivity (Wildman–Crippen MR) is 99.7 cm³/mol. The van der Waals surface area contributed by atoms with Gasteiger partial charge in [-0.1, -0.05) is 19.9 Å². The van der Waals surface area contributed by atoms with Crippen LogP contribution in [0, 0.1) is 11.2 Å². The number of benzene rings is 2. The summed E-state index contributed by atoms with van der Waals surface area (Å²) < 4.78 is 16.1. The van der Waals surface area contributed by atoms with Gasteiger partial charge in [0, 0.05) is 40.6 Å². The van der Waals surface area contributed by atoms with Crippen molar-refractivity contribution in [2.75, 3.05) is 19.6 Å². The molecule has 0 saturated heterocycles. The summed E-state index contributed by atoms with van der Waals surface area (Å²) in [5.74, 6) is -0.220. The third kappa shape index (κ3) is 2.94. The number of hydrogen-bond donors (Lipinski definition) is 1. The zero-order valence-electron chi connectivity index (χ0n) is 14.6. The Bertz CT molecular complexity index is 891. The molecule has 3 aromatic rings. The summed E-state index contributed by atoms with van der Waals surface area (Å²) in [7, 11) is 0. The zero-order chi connectivity index (χ0) is 17.3. The third-order valence-corrected chi connectivity index (χ3v) is 4.79. The van der Waals surface area contributed by atoms with E-state index < -0.39 is 0 Å². The van der Waals surface area contributed by atoms with E-state index in [0.29, 0.717) is 5.71 Å². The SMILES string of the molecule is CCN(CC)CCn1c2ccc(F)cc2c2cc(C(C)=N)ccc21. The van der Waals surface area contributed by atoms with Crippen LogP contribution in [0.1, 0.15) is 26.3 Å². The molecule has 0 fully saturated rings. The molecule has 0 saturated carbocycles. The molecule has 24 heavy (non-hydrogen) atoms. The summed E-state index contributed by atoms with van der Waals surface area (Å²) in [6.07, 6.45) is 0. The molecule has 3 nitrogen and oxygen atoms in total. The summed E-state index contributed by atoms with van der Waals surface area (Å²) in [5, 5.41) is 9.81. The predicted octanol–water partition coefficient (Wildman–Crippen LogP) is 4.66. The van der Waals surface area contributed by atoms with Gasteiger partial charge in [-0.05, 0) is 55.9 Å². The largest absolute Gasteiger partial charge is 0.339 e. The van der Waals surface area contributed by atoms with Crippen LogP contribution in [0.25, 0.3) is 21.8 Å². The van der Waals surface area contributed by atoms with E-state index >= 15 is 0 Å². The van der Waals surface area contributed by atoms with Gasteiger partial charge in [0.2, 0.25) is 0 Å². The minimum Gasteiger partial charge on any atom is -0.339 e. The van der Waals surface area contributed by atoms with Gasteiger partial charge in [0.25, 0.3) is 0 Å². The van der Waals surface area contributed by atoms with Crippen LogP contribution in [-0.2, 0) is 6.54 Å². The van der Waals surface area contributed by atoms with Crippen molar-refractivity contribution < 1.29 is 4.39 Å². The molecule has 0 amide bonds. The fraction of sp³-hybridized carbons (Fsp3) is 0.350. The molecule has 1 aromatic heterocycles.